The van der Waals surface area contributed by atoms with Crippen LogP contribution < -0.4 is 19.5 Å². The first-order valence-electron chi connectivity index (χ1n) is 30.7. The molecule has 12 unspecified atom stereocenters. The number of hydrogen-bond acceptors (Lipinski definition) is 15. The highest BCUT2D eigenvalue weighted by atomic mass is 33.1. The van der Waals surface area contributed by atoms with Gasteiger partial charge in [0, 0.05) is 64.9 Å². The van der Waals surface area contributed by atoms with Gasteiger partial charge in [0.15, 0.2) is 35.6 Å². The Morgan fingerprint density at radius 3 is 2.46 bits per heavy atom. The summed E-state index contributed by atoms with van der Waals surface area (Å²) in [5.41, 5.74) is 5.88. The third kappa shape index (κ3) is 11.3. The second-order valence-electron chi connectivity index (χ2n) is 24.7. The van der Waals surface area contributed by atoms with E-state index in [2.05, 4.69) is 47.6 Å². The largest absolute Gasteiger partial charge is 0.508 e. The molecule has 6 aromatic rings. The molecule has 0 spiro atoms. The van der Waals surface area contributed by atoms with Crippen molar-refractivity contribution in [2.24, 2.45) is 29.6 Å². The number of H-pyrrole nitrogens is 1. The molecule has 12 rings (SSSR count). The Kier molecular flexibility index (Phi) is 18.6. The lowest BCUT2D eigenvalue weighted by Gasteiger charge is -2.53. The number of aromatic nitrogens is 1. The molecule has 84 heavy (non-hydrogen) atoms. The van der Waals surface area contributed by atoms with Crippen molar-refractivity contribution in [3.05, 3.63) is 147 Å². The molecule has 0 amide bonds. The molecule has 8 N–H and O–H groups in total. The van der Waals surface area contributed by atoms with Crippen LogP contribution in [0.5, 0.6) is 28.7 Å². The number of fused-ring (bicyclic) bond motifs is 6. The number of piperidine rings is 1. The molecule has 5 aromatic carbocycles. The van der Waals surface area contributed by atoms with Crippen molar-refractivity contribution in [1.29, 1.82) is 0 Å². The van der Waals surface area contributed by atoms with Crippen LogP contribution in [0.1, 0.15) is 139 Å². The molecule has 12 atom stereocenters. The SMILES string of the molecule is CCc1ccc2cccc3c2c1Cc1c(ccc(O)c1OC)CC(Cc1cc[nH]c1)C(O)C1C(=O)C(c2cc(O)cc(C45CCCCC4CCCN5)c2)(C2CSSCC4CCCCC4Oc4cc2ccc4OCO)C(O)CC1CSSC3CO. The number of phenolic OH excluding ortho intramolecular Hbond substituents is 2. The molecule has 448 valence electrons. The standard InChI is InChI=1S/C68H82N2O10S4/c1-3-41-16-17-42-11-8-14-52-60(35-71)84-83-37-47-29-61(75)68(50-30-49(31-51(73)32-50)67-23-7-6-12-48(67)13-9-24-70-67,55-38-82-81-36-45-10-4-5-15-57(45)80-59-28-44(55)19-21-58(59)79-39-72)66(77)63(47)64(76)46(26-40-22-25-69-34-40)27-43-18-20-56(74)65(78-2)54(43)33-53(41)62(42)52/h8,11,14,16-22,25,28,30-32,34,45-48,55,57,60-61,63-64,69-76H,3-7,9-10,12-13,15,23-24,26-27,29,33,35-39H2,1-2H3. The Bertz CT molecular complexity index is 3280. The van der Waals surface area contributed by atoms with Gasteiger partial charge in [-0.05, 0) is 187 Å². The van der Waals surface area contributed by atoms with Crippen molar-refractivity contribution in [3.63, 3.8) is 0 Å². The predicted octanol–water partition coefficient (Wildman–Crippen LogP) is 12.6. The summed E-state index contributed by atoms with van der Waals surface area (Å²) in [5.74, 6) is 0.331. The average Bonchev–Trinajstić information content (AvgIpc) is 2.01. The Labute approximate surface area is 510 Å². The van der Waals surface area contributed by atoms with Gasteiger partial charge in [0.1, 0.15) is 11.9 Å². The van der Waals surface area contributed by atoms with Crippen LogP contribution >= 0.6 is 43.2 Å². The lowest BCUT2D eigenvalue weighted by Crippen LogP contribution is -2.62. The van der Waals surface area contributed by atoms with Crippen molar-refractivity contribution in [1.82, 2.24) is 10.3 Å². The molecule has 4 heterocycles. The van der Waals surface area contributed by atoms with Crippen LogP contribution in [0.25, 0.3) is 10.8 Å². The molecule has 1 saturated heterocycles. The highest BCUT2D eigenvalue weighted by Crippen LogP contribution is 2.58. The van der Waals surface area contributed by atoms with E-state index in [-0.39, 0.29) is 47.6 Å². The molecule has 4 fully saturated rings. The van der Waals surface area contributed by atoms with Gasteiger partial charge in [-0.1, -0.05) is 118 Å². The molecule has 3 aliphatic carbocycles. The van der Waals surface area contributed by atoms with Gasteiger partial charge in [-0.15, -0.1) is 0 Å². The molecule has 2 bridgehead atoms. The van der Waals surface area contributed by atoms with E-state index in [0.717, 1.165) is 138 Å². The zero-order chi connectivity index (χ0) is 58.1. The van der Waals surface area contributed by atoms with E-state index >= 15 is 4.79 Å². The van der Waals surface area contributed by atoms with Gasteiger partial charge < -0.3 is 55.2 Å². The topological polar surface area (TPSA) is 194 Å². The summed E-state index contributed by atoms with van der Waals surface area (Å²) in [6.07, 6.45) is 13.5. The maximum absolute atomic E-state index is 17.7. The van der Waals surface area contributed by atoms with Gasteiger partial charge in [-0.3, -0.25) is 4.79 Å². The predicted molar refractivity (Wildman–Crippen MR) is 340 cm³/mol. The van der Waals surface area contributed by atoms with Crippen molar-refractivity contribution < 1.29 is 49.6 Å². The third-order valence-electron chi connectivity index (χ3n) is 20.3. The number of hydrogen-bond donors (Lipinski definition) is 8. The Balaban J connectivity index is 1.08. The lowest BCUT2D eigenvalue weighted by atomic mass is 9.52. The number of benzene rings is 5. The van der Waals surface area contributed by atoms with Gasteiger partial charge in [0.05, 0.1) is 36.6 Å². The molecule has 6 aliphatic rings. The molecule has 3 aliphatic heterocycles. The fourth-order valence-electron chi connectivity index (χ4n) is 16.2. The number of carbonyl (C=O) groups excluding carboxylic acids is 1. The number of methoxy groups -OCH3 is 1. The summed E-state index contributed by atoms with van der Waals surface area (Å²) in [6, 6.07) is 27.7. The van der Waals surface area contributed by atoms with Crippen LogP contribution in [0.2, 0.25) is 0 Å². The summed E-state index contributed by atoms with van der Waals surface area (Å²) >= 11 is 0. The van der Waals surface area contributed by atoms with E-state index in [4.69, 9.17) is 14.2 Å². The lowest BCUT2D eigenvalue weighted by molar-refractivity contribution is -0.150. The smallest absolute Gasteiger partial charge is 0.186 e. The highest BCUT2D eigenvalue weighted by molar-refractivity contribution is 8.77. The van der Waals surface area contributed by atoms with Gasteiger partial charge in [0.25, 0.3) is 0 Å². The first-order valence-corrected chi connectivity index (χ1v) is 35.6. The summed E-state index contributed by atoms with van der Waals surface area (Å²) in [6.45, 7) is 2.27. The van der Waals surface area contributed by atoms with E-state index in [1.807, 2.05) is 54.9 Å². The van der Waals surface area contributed by atoms with Gasteiger partial charge in [-0.2, -0.15) is 0 Å². The van der Waals surface area contributed by atoms with E-state index in [1.165, 1.54) is 0 Å². The summed E-state index contributed by atoms with van der Waals surface area (Å²) in [4.78, 5) is 21.0. The molecular weight excluding hydrogens is 1130 g/mol. The molecule has 1 aromatic heterocycles. The van der Waals surface area contributed by atoms with E-state index < -0.39 is 53.6 Å². The van der Waals surface area contributed by atoms with Crippen LogP contribution in [0.3, 0.4) is 0 Å². The quantitative estimate of drug-likeness (QED) is 0.0477. The molecule has 0 radical (unpaired) electrons. The number of rotatable bonds is 10. The first-order chi connectivity index (χ1) is 41.0. The van der Waals surface area contributed by atoms with Crippen molar-refractivity contribution >= 4 is 59.7 Å². The Hall–Kier alpha value is -4.49. The minimum atomic E-state index is -1.73. The number of aliphatic hydroxyl groups is 4. The Morgan fingerprint density at radius 2 is 1.64 bits per heavy atom. The number of aromatic hydroxyl groups is 2. The number of phenols is 2. The van der Waals surface area contributed by atoms with E-state index in [1.54, 1.807) is 62.4 Å². The van der Waals surface area contributed by atoms with E-state index in [9.17, 15) is 30.6 Å². The highest BCUT2D eigenvalue weighted by Gasteiger charge is 2.62. The number of Topliss-reactive ketones (excluding diaryl/α,β-unsaturated/α-hetero) is 1. The number of ketones is 1. The molecule has 3 saturated carbocycles. The maximum atomic E-state index is 17.7. The summed E-state index contributed by atoms with van der Waals surface area (Å²) in [5, 5.41) is 79.6. The minimum absolute atomic E-state index is 0.00519. The number of aliphatic hydroxyl groups excluding tert-OH is 4. The fraction of sp³-hybridized carbons (Fsp3) is 0.515. The number of aromatic amines is 1. The van der Waals surface area contributed by atoms with Crippen molar-refractivity contribution in [2.45, 2.75) is 144 Å². The zero-order valence-electron chi connectivity index (χ0n) is 48.3. The fourth-order valence-corrected chi connectivity index (χ4v) is 21.9. The second kappa shape index (κ2) is 26.1. The monoisotopic (exact) mass is 1210 g/mol. The number of aryl methyl sites for hydroxylation is 1. The number of carbonyl (C=O) groups is 1. The molecular formula is C68H82N2O10S4. The molecule has 12 nitrogen and oxygen atoms in total. The van der Waals surface area contributed by atoms with Crippen molar-refractivity contribution in [2.75, 3.05) is 44.3 Å². The van der Waals surface area contributed by atoms with Gasteiger partial charge in [-0.25, -0.2) is 0 Å². The maximum Gasteiger partial charge on any atom is 0.186 e. The van der Waals surface area contributed by atoms with Gasteiger partial charge in [0.2, 0.25) is 0 Å². The number of ether oxygens (including phenoxy) is 3. The van der Waals surface area contributed by atoms with Gasteiger partial charge >= 0.3 is 0 Å². The van der Waals surface area contributed by atoms with Crippen LogP contribution in [-0.2, 0) is 41.4 Å². The van der Waals surface area contributed by atoms with Crippen LogP contribution in [0.4, 0.5) is 0 Å². The summed E-state index contributed by atoms with van der Waals surface area (Å²) in [7, 11) is 8.21. The number of nitrogens with one attached hydrogen (secondary N) is 2. The van der Waals surface area contributed by atoms with E-state index in [0.29, 0.717) is 59.5 Å². The van der Waals surface area contributed by atoms with Crippen LogP contribution in [0.15, 0.2) is 97.3 Å². The molecule has 16 heteroatoms. The van der Waals surface area contributed by atoms with Crippen LogP contribution in [0, 0.1) is 29.6 Å². The first kappa shape index (κ1) is 59.8. The average molecular weight is 1220 g/mol. The van der Waals surface area contributed by atoms with Crippen molar-refractivity contribution in [3.8, 4) is 28.7 Å². The minimum Gasteiger partial charge on any atom is -0.508 e. The van der Waals surface area contributed by atoms with Crippen LogP contribution in [-0.4, -0.2) is 104 Å². The Morgan fingerprint density at radius 1 is 0.821 bits per heavy atom. The zero-order valence-corrected chi connectivity index (χ0v) is 51.6. The summed E-state index contributed by atoms with van der Waals surface area (Å²) < 4.78 is 19.1. The second-order valence-corrected chi connectivity index (χ2v) is 29.9. The third-order valence-corrected chi connectivity index (χ3v) is 25.7. The normalized spacial score (nSPS) is 30.4.